The minimum absolute atomic E-state index is 0.0482. The molecular formula is C23H22N4O5S. The summed E-state index contributed by atoms with van der Waals surface area (Å²) < 4.78 is 5.38. The maximum atomic E-state index is 12.8. The Hall–Kier alpha value is -3.79. The van der Waals surface area contributed by atoms with Gasteiger partial charge in [-0.05, 0) is 18.4 Å². The zero-order valence-electron chi connectivity index (χ0n) is 17.7. The van der Waals surface area contributed by atoms with E-state index < -0.39 is 17.1 Å². The summed E-state index contributed by atoms with van der Waals surface area (Å²) in [6, 6.07) is 15.3. The molecule has 10 heteroatoms. The van der Waals surface area contributed by atoms with Crippen molar-refractivity contribution in [2.24, 2.45) is 0 Å². The van der Waals surface area contributed by atoms with Crippen LogP contribution in [-0.4, -0.2) is 39.4 Å². The molecule has 1 aliphatic heterocycles. The van der Waals surface area contributed by atoms with E-state index in [1.807, 2.05) is 30.3 Å². The van der Waals surface area contributed by atoms with E-state index in [1.54, 1.807) is 24.4 Å². The van der Waals surface area contributed by atoms with Crippen LogP contribution >= 0.6 is 11.3 Å². The van der Waals surface area contributed by atoms with Crippen LogP contribution in [0.25, 0.3) is 0 Å². The predicted octanol–water partition coefficient (Wildman–Crippen LogP) is 4.38. The Kier molecular flexibility index (Phi) is 6.94. The van der Waals surface area contributed by atoms with Crippen LogP contribution in [0.4, 0.5) is 15.6 Å². The minimum Gasteiger partial charge on any atom is -0.445 e. The number of amides is 2. The maximum absolute atomic E-state index is 12.8. The number of nitrogens with one attached hydrogen (secondary N) is 1. The highest BCUT2D eigenvalue weighted by Gasteiger charge is 2.35. The van der Waals surface area contributed by atoms with Gasteiger partial charge in [0, 0.05) is 35.7 Å². The molecule has 0 bridgehead atoms. The monoisotopic (exact) mass is 466 g/mol. The first-order chi connectivity index (χ1) is 16.0. The number of thiazole rings is 1. The summed E-state index contributed by atoms with van der Waals surface area (Å²) in [5.74, 6) is -0.323. The first-order valence-electron chi connectivity index (χ1n) is 10.5. The number of likely N-dealkylation sites (tertiary alicyclic amines) is 1. The van der Waals surface area contributed by atoms with E-state index in [9.17, 15) is 19.7 Å². The van der Waals surface area contributed by atoms with Crippen LogP contribution in [0.1, 0.15) is 28.8 Å². The fraction of sp³-hybridized carbons (Fsp3) is 0.261. The Labute approximate surface area is 194 Å². The second-order valence-corrected chi connectivity index (χ2v) is 8.69. The van der Waals surface area contributed by atoms with E-state index in [-0.39, 0.29) is 18.2 Å². The zero-order valence-corrected chi connectivity index (χ0v) is 18.5. The largest absolute Gasteiger partial charge is 0.445 e. The summed E-state index contributed by atoms with van der Waals surface area (Å²) in [5, 5.41) is 14.4. The molecule has 1 saturated heterocycles. The molecule has 0 aliphatic carbocycles. The van der Waals surface area contributed by atoms with Crippen molar-refractivity contribution in [1.82, 2.24) is 9.88 Å². The number of carbonyl (C=O) groups is 2. The first kappa shape index (κ1) is 22.4. The molecule has 2 aromatic carbocycles. The van der Waals surface area contributed by atoms with Gasteiger partial charge in [-0.25, -0.2) is 9.78 Å². The molecule has 1 fully saturated rings. The number of hydrogen-bond acceptors (Lipinski definition) is 7. The number of hydrogen-bond donors (Lipinski definition) is 1. The Morgan fingerprint density at radius 2 is 1.94 bits per heavy atom. The van der Waals surface area contributed by atoms with Gasteiger partial charge in [-0.1, -0.05) is 48.5 Å². The van der Waals surface area contributed by atoms with Crippen molar-refractivity contribution >= 4 is 34.2 Å². The van der Waals surface area contributed by atoms with Gasteiger partial charge in [-0.3, -0.25) is 19.8 Å². The minimum atomic E-state index is -0.629. The second kappa shape index (κ2) is 10.2. The van der Waals surface area contributed by atoms with E-state index in [0.29, 0.717) is 36.5 Å². The van der Waals surface area contributed by atoms with Crippen LogP contribution in [0, 0.1) is 10.1 Å². The highest BCUT2D eigenvalue weighted by molar-refractivity contribution is 7.15. The molecular weight excluding hydrogens is 444 g/mol. The molecule has 33 heavy (non-hydrogen) atoms. The van der Waals surface area contributed by atoms with Crippen LogP contribution in [0.5, 0.6) is 0 Å². The van der Waals surface area contributed by atoms with Gasteiger partial charge in [0.15, 0.2) is 5.13 Å². The second-order valence-electron chi connectivity index (χ2n) is 7.58. The van der Waals surface area contributed by atoms with Crippen LogP contribution in [0.15, 0.2) is 60.8 Å². The Bertz CT molecular complexity index is 1150. The number of benzene rings is 2. The van der Waals surface area contributed by atoms with Crippen molar-refractivity contribution in [3.05, 3.63) is 86.9 Å². The zero-order chi connectivity index (χ0) is 23.2. The molecule has 0 saturated carbocycles. The van der Waals surface area contributed by atoms with Crippen molar-refractivity contribution < 1.29 is 19.2 Å². The van der Waals surface area contributed by atoms with E-state index in [2.05, 4.69) is 10.3 Å². The van der Waals surface area contributed by atoms with Gasteiger partial charge < -0.3 is 10.1 Å². The lowest BCUT2D eigenvalue weighted by atomic mass is 10.1. The number of anilines is 1. The molecule has 1 unspecified atom stereocenters. The quantitative estimate of drug-likeness (QED) is 0.408. The smallest absolute Gasteiger partial charge is 0.410 e. The summed E-state index contributed by atoms with van der Waals surface area (Å²) in [5.41, 5.74) is 1.50. The first-order valence-corrected chi connectivity index (χ1v) is 11.3. The third kappa shape index (κ3) is 5.53. The Balaban J connectivity index is 1.35. The van der Waals surface area contributed by atoms with E-state index in [1.165, 1.54) is 22.3 Å². The fourth-order valence-electron chi connectivity index (χ4n) is 3.72. The molecule has 0 spiro atoms. The number of rotatable bonds is 7. The molecule has 1 aliphatic rings. The average molecular weight is 467 g/mol. The molecule has 2 heterocycles. The van der Waals surface area contributed by atoms with Crippen molar-refractivity contribution in [3.8, 4) is 0 Å². The molecule has 2 amide bonds. The van der Waals surface area contributed by atoms with Gasteiger partial charge in [0.25, 0.3) is 5.69 Å². The number of carbonyl (C=O) groups excluding carboxylic acids is 2. The van der Waals surface area contributed by atoms with Crippen LogP contribution in [-0.2, 0) is 22.6 Å². The lowest BCUT2D eigenvalue weighted by Gasteiger charge is -2.22. The van der Waals surface area contributed by atoms with Gasteiger partial charge >= 0.3 is 6.09 Å². The van der Waals surface area contributed by atoms with Crippen LogP contribution < -0.4 is 5.32 Å². The van der Waals surface area contributed by atoms with Gasteiger partial charge in [0.2, 0.25) is 5.91 Å². The van der Waals surface area contributed by atoms with Crippen LogP contribution in [0.2, 0.25) is 0 Å². The number of aromatic nitrogens is 1. The van der Waals surface area contributed by atoms with Crippen molar-refractivity contribution in [3.63, 3.8) is 0 Å². The fourth-order valence-corrected chi connectivity index (χ4v) is 4.56. The molecule has 170 valence electrons. The lowest BCUT2D eigenvalue weighted by Crippen LogP contribution is -2.43. The molecule has 0 radical (unpaired) electrons. The van der Waals surface area contributed by atoms with Crippen molar-refractivity contribution in [2.45, 2.75) is 31.9 Å². The van der Waals surface area contributed by atoms with Gasteiger partial charge in [-0.15, -0.1) is 11.3 Å². The Morgan fingerprint density at radius 3 is 2.73 bits per heavy atom. The van der Waals surface area contributed by atoms with Gasteiger partial charge in [-0.2, -0.15) is 0 Å². The predicted molar refractivity (Wildman–Crippen MR) is 123 cm³/mol. The van der Waals surface area contributed by atoms with E-state index >= 15 is 0 Å². The molecule has 1 atom stereocenters. The molecule has 4 rings (SSSR count). The third-order valence-corrected chi connectivity index (χ3v) is 6.24. The number of para-hydroxylation sites is 1. The summed E-state index contributed by atoms with van der Waals surface area (Å²) >= 11 is 1.25. The van der Waals surface area contributed by atoms with Crippen molar-refractivity contribution in [1.29, 1.82) is 0 Å². The summed E-state index contributed by atoms with van der Waals surface area (Å²) in [6.07, 6.45) is 2.66. The standard InChI is InChI=1S/C23H22N4O5S/c28-21(20-11-6-12-26(20)23(29)32-15-16-7-2-1-3-8-16)25-22-24-14-18(33-22)13-17-9-4-5-10-19(17)27(30)31/h1-5,7-10,14,20H,6,11-13,15H2,(H,24,25,28). The van der Waals surface area contributed by atoms with Gasteiger partial charge in [0.1, 0.15) is 12.6 Å². The summed E-state index contributed by atoms with van der Waals surface area (Å²) in [6.45, 7) is 0.596. The number of nitro benzene ring substituents is 1. The van der Waals surface area contributed by atoms with Gasteiger partial charge in [0.05, 0.1) is 4.92 Å². The maximum Gasteiger partial charge on any atom is 0.410 e. The Morgan fingerprint density at radius 1 is 1.18 bits per heavy atom. The number of ether oxygens (including phenoxy) is 1. The number of nitrogens with zero attached hydrogens (tertiary/aromatic N) is 3. The topological polar surface area (TPSA) is 115 Å². The summed E-state index contributed by atoms with van der Waals surface area (Å²) in [4.78, 5) is 42.6. The number of nitro groups is 1. The van der Waals surface area contributed by atoms with Crippen LogP contribution in [0.3, 0.4) is 0 Å². The highest BCUT2D eigenvalue weighted by Crippen LogP contribution is 2.27. The third-order valence-electron chi connectivity index (χ3n) is 5.33. The SMILES string of the molecule is O=C(Nc1ncc(Cc2ccccc2[N+](=O)[O-])s1)C1CCCN1C(=O)OCc1ccccc1. The normalized spacial score (nSPS) is 15.3. The van der Waals surface area contributed by atoms with E-state index in [4.69, 9.17) is 4.74 Å². The summed E-state index contributed by atoms with van der Waals surface area (Å²) in [7, 11) is 0. The molecule has 1 aromatic heterocycles. The lowest BCUT2D eigenvalue weighted by molar-refractivity contribution is -0.385. The average Bonchev–Trinajstić information content (AvgIpc) is 3.48. The highest BCUT2D eigenvalue weighted by atomic mass is 32.1. The molecule has 3 aromatic rings. The van der Waals surface area contributed by atoms with Crippen molar-refractivity contribution in [2.75, 3.05) is 11.9 Å². The molecule has 1 N–H and O–H groups in total. The molecule has 9 nitrogen and oxygen atoms in total. The van der Waals surface area contributed by atoms with E-state index in [0.717, 1.165) is 10.4 Å².